The number of benzene rings is 1. The third-order valence-electron chi connectivity index (χ3n) is 3.14. The van der Waals surface area contributed by atoms with Gasteiger partial charge >= 0.3 is 0 Å². The Balaban J connectivity index is 2.15. The van der Waals surface area contributed by atoms with Gasteiger partial charge in [0.2, 0.25) is 5.91 Å². The van der Waals surface area contributed by atoms with Gasteiger partial charge in [-0.05, 0) is 18.6 Å². The number of likely N-dealkylation sites (N-methyl/N-ethyl adjacent to an activating group) is 1. The topological polar surface area (TPSA) is 75.5 Å². The third kappa shape index (κ3) is 3.14. The maximum Gasteiger partial charge on any atom is 0.293 e. The van der Waals surface area contributed by atoms with Crippen molar-refractivity contribution in [1.82, 2.24) is 4.90 Å². The first-order valence-corrected chi connectivity index (χ1v) is 6.29. The van der Waals surface area contributed by atoms with E-state index in [0.29, 0.717) is 30.1 Å². The number of anilines is 1. The summed E-state index contributed by atoms with van der Waals surface area (Å²) < 4.78 is 0. The van der Waals surface area contributed by atoms with Gasteiger partial charge in [-0.1, -0.05) is 11.6 Å². The standard InChI is InChI=1S/C12H14ClN3O3/c1-15-7-9(3-5-12(15)17)14-10-4-2-8(13)6-11(10)16(18)19/h2,4,6,9,14H,3,5,7H2,1H3. The average Bonchev–Trinajstić information content (AvgIpc) is 2.36. The number of carbonyl (C=O) groups excluding carboxylic acids is 1. The smallest absolute Gasteiger partial charge is 0.293 e. The maximum absolute atomic E-state index is 11.4. The minimum Gasteiger partial charge on any atom is -0.375 e. The number of amides is 1. The summed E-state index contributed by atoms with van der Waals surface area (Å²) in [7, 11) is 1.73. The van der Waals surface area contributed by atoms with Gasteiger partial charge in [-0.15, -0.1) is 0 Å². The second-order valence-electron chi connectivity index (χ2n) is 4.57. The fourth-order valence-electron chi connectivity index (χ4n) is 2.13. The van der Waals surface area contributed by atoms with Gasteiger partial charge in [-0.3, -0.25) is 14.9 Å². The molecule has 1 aliphatic rings. The minimum absolute atomic E-state index is 0.0163. The first-order chi connectivity index (χ1) is 8.97. The summed E-state index contributed by atoms with van der Waals surface area (Å²) in [6, 6.07) is 4.54. The van der Waals surface area contributed by atoms with Crippen LogP contribution in [0.5, 0.6) is 0 Å². The summed E-state index contributed by atoms with van der Waals surface area (Å²) >= 11 is 5.76. The molecule has 1 aliphatic heterocycles. The van der Waals surface area contributed by atoms with Crippen LogP contribution in [0.15, 0.2) is 18.2 Å². The molecule has 1 fully saturated rings. The normalized spacial score (nSPS) is 19.4. The van der Waals surface area contributed by atoms with Gasteiger partial charge < -0.3 is 10.2 Å². The van der Waals surface area contributed by atoms with Crippen molar-refractivity contribution in [1.29, 1.82) is 0 Å². The van der Waals surface area contributed by atoms with Gasteiger partial charge in [-0.25, -0.2) is 0 Å². The number of halogens is 1. The van der Waals surface area contributed by atoms with Crippen LogP contribution in [0, 0.1) is 10.1 Å². The summed E-state index contributed by atoms with van der Waals surface area (Å²) in [5, 5.41) is 14.4. The van der Waals surface area contributed by atoms with E-state index in [1.165, 1.54) is 6.07 Å². The number of nitrogens with one attached hydrogen (secondary N) is 1. The molecule has 19 heavy (non-hydrogen) atoms. The van der Waals surface area contributed by atoms with E-state index in [1.807, 2.05) is 0 Å². The molecule has 2 rings (SSSR count). The van der Waals surface area contributed by atoms with Crippen molar-refractivity contribution in [3.63, 3.8) is 0 Å². The zero-order chi connectivity index (χ0) is 14.0. The zero-order valence-electron chi connectivity index (χ0n) is 10.4. The highest BCUT2D eigenvalue weighted by atomic mass is 35.5. The van der Waals surface area contributed by atoms with Crippen LogP contribution in [-0.4, -0.2) is 35.4 Å². The monoisotopic (exact) mass is 283 g/mol. The van der Waals surface area contributed by atoms with Crippen molar-refractivity contribution >= 4 is 28.9 Å². The lowest BCUT2D eigenvalue weighted by molar-refractivity contribution is -0.384. The number of piperidine rings is 1. The van der Waals surface area contributed by atoms with Gasteiger partial charge in [0.05, 0.1) is 4.92 Å². The third-order valence-corrected chi connectivity index (χ3v) is 3.38. The Bertz CT molecular complexity index is 521. The Labute approximate surface area is 115 Å². The van der Waals surface area contributed by atoms with E-state index in [-0.39, 0.29) is 17.6 Å². The number of carbonyl (C=O) groups is 1. The molecule has 0 spiro atoms. The highest BCUT2D eigenvalue weighted by Gasteiger charge is 2.24. The second-order valence-corrected chi connectivity index (χ2v) is 5.01. The SMILES string of the molecule is CN1CC(Nc2ccc(Cl)cc2[N+](=O)[O-])CCC1=O. The molecule has 0 saturated carbocycles. The summed E-state index contributed by atoms with van der Waals surface area (Å²) in [4.78, 5) is 23.5. The molecule has 102 valence electrons. The lowest BCUT2D eigenvalue weighted by Gasteiger charge is -2.30. The quantitative estimate of drug-likeness (QED) is 0.682. The van der Waals surface area contributed by atoms with Crippen LogP contribution in [0.25, 0.3) is 0 Å². The van der Waals surface area contributed by atoms with Crippen molar-refractivity contribution < 1.29 is 9.72 Å². The molecule has 1 heterocycles. The van der Waals surface area contributed by atoms with Gasteiger partial charge in [0.1, 0.15) is 5.69 Å². The molecule has 0 aliphatic carbocycles. The molecule has 0 radical (unpaired) electrons. The van der Waals surface area contributed by atoms with Gasteiger partial charge in [0.25, 0.3) is 5.69 Å². The Morgan fingerprint density at radius 2 is 2.26 bits per heavy atom. The Kier molecular flexibility index (Phi) is 3.90. The van der Waals surface area contributed by atoms with Crippen LogP contribution in [0.4, 0.5) is 11.4 Å². The summed E-state index contributed by atoms with van der Waals surface area (Å²) in [5.41, 5.74) is 0.384. The highest BCUT2D eigenvalue weighted by Crippen LogP contribution is 2.29. The number of likely N-dealkylation sites (tertiary alicyclic amines) is 1. The van der Waals surface area contributed by atoms with Crippen molar-refractivity contribution in [2.75, 3.05) is 18.9 Å². The molecular weight excluding hydrogens is 270 g/mol. The molecule has 0 bridgehead atoms. The molecule has 7 heteroatoms. The Hall–Kier alpha value is -1.82. The van der Waals surface area contributed by atoms with Crippen LogP contribution < -0.4 is 5.32 Å². The van der Waals surface area contributed by atoms with E-state index in [1.54, 1.807) is 24.1 Å². The molecule has 1 atom stereocenters. The van der Waals surface area contributed by atoms with Gasteiger partial charge in [0.15, 0.2) is 0 Å². The summed E-state index contributed by atoms with van der Waals surface area (Å²) in [5.74, 6) is 0.101. The lowest BCUT2D eigenvalue weighted by atomic mass is 10.1. The molecule has 0 aromatic heterocycles. The number of nitro groups is 1. The zero-order valence-corrected chi connectivity index (χ0v) is 11.2. The lowest BCUT2D eigenvalue weighted by Crippen LogP contribution is -2.43. The molecular formula is C12H14ClN3O3. The fraction of sp³-hybridized carbons (Fsp3) is 0.417. The molecule has 1 aromatic carbocycles. The number of nitrogens with zero attached hydrogens (tertiary/aromatic N) is 2. The summed E-state index contributed by atoms with van der Waals surface area (Å²) in [6.45, 7) is 0.540. The van der Waals surface area contributed by atoms with Crippen LogP contribution in [0.1, 0.15) is 12.8 Å². The Morgan fingerprint density at radius 1 is 1.53 bits per heavy atom. The number of hydrogen-bond acceptors (Lipinski definition) is 4. The largest absolute Gasteiger partial charge is 0.375 e. The van der Waals surface area contributed by atoms with E-state index in [2.05, 4.69) is 5.32 Å². The van der Waals surface area contributed by atoms with Crippen LogP contribution >= 0.6 is 11.6 Å². The molecule has 1 N–H and O–H groups in total. The molecule has 6 nitrogen and oxygen atoms in total. The van der Waals surface area contributed by atoms with Gasteiger partial charge in [-0.2, -0.15) is 0 Å². The summed E-state index contributed by atoms with van der Waals surface area (Å²) in [6.07, 6.45) is 1.12. The van der Waals surface area contributed by atoms with E-state index in [0.717, 1.165) is 0 Å². The van der Waals surface area contributed by atoms with Crippen LogP contribution in [0.2, 0.25) is 5.02 Å². The molecule has 1 unspecified atom stereocenters. The maximum atomic E-state index is 11.4. The fourth-order valence-corrected chi connectivity index (χ4v) is 2.29. The first-order valence-electron chi connectivity index (χ1n) is 5.92. The minimum atomic E-state index is -0.466. The molecule has 1 aromatic rings. The van der Waals surface area contributed by atoms with E-state index >= 15 is 0 Å². The predicted molar refractivity (Wildman–Crippen MR) is 72.4 cm³/mol. The highest BCUT2D eigenvalue weighted by molar-refractivity contribution is 6.30. The van der Waals surface area contributed by atoms with E-state index in [9.17, 15) is 14.9 Å². The Morgan fingerprint density at radius 3 is 2.89 bits per heavy atom. The van der Waals surface area contributed by atoms with Crippen molar-refractivity contribution in [2.45, 2.75) is 18.9 Å². The van der Waals surface area contributed by atoms with Crippen molar-refractivity contribution in [2.24, 2.45) is 0 Å². The predicted octanol–water partition coefficient (Wildman–Crippen LogP) is 2.28. The molecule has 1 amide bonds. The van der Waals surface area contributed by atoms with Crippen LogP contribution in [-0.2, 0) is 4.79 Å². The average molecular weight is 284 g/mol. The number of rotatable bonds is 3. The second kappa shape index (κ2) is 5.44. The van der Waals surface area contributed by atoms with Crippen LogP contribution in [0.3, 0.4) is 0 Å². The number of nitro benzene ring substituents is 1. The first kappa shape index (κ1) is 13.6. The van der Waals surface area contributed by atoms with E-state index in [4.69, 9.17) is 11.6 Å². The van der Waals surface area contributed by atoms with E-state index < -0.39 is 4.92 Å². The van der Waals surface area contributed by atoms with Gasteiger partial charge in [0, 0.05) is 37.1 Å². The molecule has 1 saturated heterocycles. The van der Waals surface area contributed by atoms with Crippen molar-refractivity contribution in [3.8, 4) is 0 Å². The number of hydrogen-bond donors (Lipinski definition) is 1. The van der Waals surface area contributed by atoms with Crippen molar-refractivity contribution in [3.05, 3.63) is 33.3 Å².